The molecular formula is C21H24N6O2. The highest BCUT2D eigenvalue weighted by atomic mass is 16.5. The molecule has 1 N–H and O–H groups in total. The molecule has 0 saturated carbocycles. The molecule has 3 heterocycles. The summed E-state index contributed by atoms with van der Waals surface area (Å²) in [5.41, 5.74) is 1.97. The summed E-state index contributed by atoms with van der Waals surface area (Å²) in [6.45, 7) is 6.28. The quantitative estimate of drug-likeness (QED) is 0.718. The van der Waals surface area contributed by atoms with Crippen molar-refractivity contribution in [1.82, 2.24) is 20.0 Å². The fourth-order valence-electron chi connectivity index (χ4n) is 3.46. The maximum Gasteiger partial charge on any atom is 0.277 e. The summed E-state index contributed by atoms with van der Waals surface area (Å²) in [5, 5.41) is 10.8. The smallest absolute Gasteiger partial charge is 0.277 e. The van der Waals surface area contributed by atoms with Gasteiger partial charge in [-0.3, -0.25) is 4.79 Å². The molecule has 1 fully saturated rings. The number of carbonyl (C=O) groups excluding carboxylic acids is 1. The van der Waals surface area contributed by atoms with E-state index in [1.54, 1.807) is 17.1 Å². The average Bonchev–Trinajstić information content (AvgIpc) is 3.17. The van der Waals surface area contributed by atoms with E-state index in [2.05, 4.69) is 39.4 Å². The number of amides is 1. The van der Waals surface area contributed by atoms with Crippen LogP contribution in [0.15, 0.2) is 54.9 Å². The number of aromatic nitrogens is 4. The van der Waals surface area contributed by atoms with Gasteiger partial charge in [-0.05, 0) is 31.5 Å². The van der Waals surface area contributed by atoms with Crippen LogP contribution in [0.2, 0.25) is 0 Å². The topological polar surface area (TPSA) is 85.2 Å². The summed E-state index contributed by atoms with van der Waals surface area (Å²) < 4.78 is 7.41. The van der Waals surface area contributed by atoms with E-state index in [-0.39, 0.29) is 23.8 Å². The van der Waals surface area contributed by atoms with Crippen molar-refractivity contribution in [2.24, 2.45) is 0 Å². The molecule has 29 heavy (non-hydrogen) atoms. The van der Waals surface area contributed by atoms with Gasteiger partial charge >= 0.3 is 0 Å². The lowest BCUT2D eigenvalue weighted by atomic mass is 10.2. The molecule has 0 radical (unpaired) electrons. The number of pyridine rings is 1. The second-order valence-electron chi connectivity index (χ2n) is 7.31. The van der Waals surface area contributed by atoms with Crippen molar-refractivity contribution >= 4 is 17.4 Å². The second kappa shape index (κ2) is 8.40. The fraction of sp³-hybridized carbons (Fsp3) is 0.333. The Bertz CT molecular complexity index is 947. The number of anilines is 2. The molecule has 0 aliphatic carbocycles. The highest BCUT2D eigenvalue weighted by Gasteiger charge is 2.23. The highest BCUT2D eigenvalue weighted by molar-refractivity contribution is 6.02. The van der Waals surface area contributed by atoms with Gasteiger partial charge in [0.05, 0.1) is 36.8 Å². The van der Waals surface area contributed by atoms with Gasteiger partial charge in [0.1, 0.15) is 5.82 Å². The average molecular weight is 392 g/mol. The molecule has 3 aromatic rings. The molecule has 150 valence electrons. The van der Waals surface area contributed by atoms with Crippen molar-refractivity contribution in [2.75, 3.05) is 23.3 Å². The molecule has 8 heteroatoms. The summed E-state index contributed by atoms with van der Waals surface area (Å²) in [5.74, 6) is 0.561. The molecule has 4 rings (SSSR count). The summed E-state index contributed by atoms with van der Waals surface area (Å²) in [7, 11) is 0. The summed E-state index contributed by atoms with van der Waals surface area (Å²) >= 11 is 0. The minimum Gasteiger partial charge on any atom is -0.372 e. The van der Waals surface area contributed by atoms with Gasteiger partial charge in [0.25, 0.3) is 5.91 Å². The minimum absolute atomic E-state index is 0.165. The molecule has 1 saturated heterocycles. The third-order valence-corrected chi connectivity index (χ3v) is 4.71. The van der Waals surface area contributed by atoms with E-state index in [0.717, 1.165) is 24.5 Å². The maximum atomic E-state index is 12.5. The normalized spacial score (nSPS) is 19.2. The zero-order valence-corrected chi connectivity index (χ0v) is 16.5. The number of hydrogen-bond donors (Lipinski definition) is 1. The lowest BCUT2D eigenvalue weighted by Crippen LogP contribution is -2.45. The van der Waals surface area contributed by atoms with E-state index in [1.165, 1.54) is 0 Å². The molecule has 0 bridgehead atoms. The van der Waals surface area contributed by atoms with Crippen LogP contribution in [0.3, 0.4) is 0 Å². The summed E-state index contributed by atoms with van der Waals surface area (Å²) in [6.07, 6.45) is 3.63. The van der Waals surface area contributed by atoms with Crippen LogP contribution in [0.25, 0.3) is 0 Å². The monoisotopic (exact) mass is 392 g/mol. The number of morpholine rings is 1. The van der Waals surface area contributed by atoms with E-state index >= 15 is 0 Å². The molecule has 1 aliphatic rings. The molecule has 1 aromatic carbocycles. The standard InChI is InChI=1S/C21H24N6O2/c1-15-11-26(12-16(2)29-15)20-9-8-18(10-22-20)23-21(28)19-14-27(25-24-19)13-17-6-4-3-5-7-17/h3-10,14-16H,11-13H2,1-2H3,(H,23,28)/t15-,16+. The first-order chi connectivity index (χ1) is 14.1. The minimum atomic E-state index is -0.313. The third-order valence-electron chi connectivity index (χ3n) is 4.71. The Kier molecular flexibility index (Phi) is 5.53. The Morgan fingerprint density at radius 2 is 1.90 bits per heavy atom. The van der Waals surface area contributed by atoms with Crippen molar-refractivity contribution in [3.8, 4) is 0 Å². The number of carbonyl (C=O) groups is 1. The van der Waals surface area contributed by atoms with Gasteiger partial charge < -0.3 is 15.0 Å². The van der Waals surface area contributed by atoms with Crippen molar-refractivity contribution in [2.45, 2.75) is 32.6 Å². The molecule has 0 spiro atoms. The van der Waals surface area contributed by atoms with Crippen LogP contribution >= 0.6 is 0 Å². The molecule has 8 nitrogen and oxygen atoms in total. The fourth-order valence-corrected chi connectivity index (χ4v) is 3.46. The van der Waals surface area contributed by atoms with Gasteiger partial charge in [-0.25, -0.2) is 9.67 Å². The van der Waals surface area contributed by atoms with Gasteiger partial charge in [-0.15, -0.1) is 5.10 Å². The number of nitrogens with one attached hydrogen (secondary N) is 1. The Balaban J connectivity index is 1.37. The van der Waals surface area contributed by atoms with Crippen molar-refractivity contribution in [3.05, 3.63) is 66.1 Å². The molecule has 2 atom stereocenters. The number of nitrogens with zero attached hydrogens (tertiary/aromatic N) is 5. The van der Waals surface area contributed by atoms with Gasteiger partial charge in [-0.1, -0.05) is 35.5 Å². The first kappa shape index (κ1) is 19.1. The van der Waals surface area contributed by atoms with Crippen molar-refractivity contribution in [3.63, 3.8) is 0 Å². The van der Waals surface area contributed by atoms with Crippen LogP contribution in [0.1, 0.15) is 29.9 Å². The van der Waals surface area contributed by atoms with Crippen LogP contribution in [0.5, 0.6) is 0 Å². The van der Waals surface area contributed by atoms with Gasteiger partial charge in [0.15, 0.2) is 5.69 Å². The number of hydrogen-bond acceptors (Lipinski definition) is 6. The lowest BCUT2D eigenvalue weighted by molar-refractivity contribution is -0.00545. The van der Waals surface area contributed by atoms with Crippen LogP contribution < -0.4 is 10.2 Å². The Morgan fingerprint density at radius 1 is 1.14 bits per heavy atom. The van der Waals surface area contributed by atoms with Crippen molar-refractivity contribution < 1.29 is 9.53 Å². The second-order valence-corrected chi connectivity index (χ2v) is 7.31. The van der Waals surface area contributed by atoms with Crippen LogP contribution in [-0.4, -0.2) is 51.2 Å². The van der Waals surface area contributed by atoms with E-state index < -0.39 is 0 Å². The Hall–Kier alpha value is -3.26. The zero-order chi connectivity index (χ0) is 20.2. The summed E-state index contributed by atoms with van der Waals surface area (Å²) in [4.78, 5) is 19.2. The SMILES string of the molecule is C[C@@H]1CN(c2ccc(NC(=O)c3cn(Cc4ccccc4)nn3)cn2)C[C@H](C)O1. The lowest BCUT2D eigenvalue weighted by Gasteiger charge is -2.36. The van der Waals surface area contributed by atoms with Crippen LogP contribution in [-0.2, 0) is 11.3 Å². The number of rotatable bonds is 5. The third kappa shape index (κ3) is 4.78. The Labute approximate surface area is 169 Å². The number of ether oxygens (including phenoxy) is 1. The molecule has 0 unspecified atom stereocenters. The molecule has 2 aromatic heterocycles. The predicted molar refractivity (Wildman–Crippen MR) is 110 cm³/mol. The molecule has 1 amide bonds. The van der Waals surface area contributed by atoms with E-state index in [9.17, 15) is 4.79 Å². The Morgan fingerprint density at radius 3 is 2.59 bits per heavy atom. The largest absolute Gasteiger partial charge is 0.372 e. The molecular weight excluding hydrogens is 368 g/mol. The van der Waals surface area contributed by atoms with E-state index in [1.807, 2.05) is 42.5 Å². The van der Waals surface area contributed by atoms with E-state index in [4.69, 9.17) is 4.74 Å². The maximum absolute atomic E-state index is 12.5. The predicted octanol–water partition coefficient (Wildman–Crippen LogP) is 2.59. The molecule has 1 aliphatic heterocycles. The van der Waals surface area contributed by atoms with Crippen LogP contribution in [0.4, 0.5) is 11.5 Å². The van der Waals surface area contributed by atoms with Gasteiger partial charge in [0.2, 0.25) is 0 Å². The summed E-state index contributed by atoms with van der Waals surface area (Å²) in [6, 6.07) is 13.7. The number of benzene rings is 1. The first-order valence-electron chi connectivity index (χ1n) is 9.68. The van der Waals surface area contributed by atoms with Gasteiger partial charge in [-0.2, -0.15) is 0 Å². The van der Waals surface area contributed by atoms with E-state index in [0.29, 0.717) is 12.2 Å². The highest BCUT2D eigenvalue weighted by Crippen LogP contribution is 2.20. The van der Waals surface area contributed by atoms with Crippen LogP contribution in [0, 0.1) is 0 Å². The first-order valence-corrected chi connectivity index (χ1v) is 9.68. The zero-order valence-electron chi connectivity index (χ0n) is 16.5. The van der Waals surface area contributed by atoms with Gasteiger partial charge in [0, 0.05) is 13.1 Å². The van der Waals surface area contributed by atoms with Crippen molar-refractivity contribution in [1.29, 1.82) is 0 Å².